The Morgan fingerprint density at radius 2 is 2.29 bits per heavy atom. The molecule has 1 aliphatic carbocycles. The molecule has 1 saturated heterocycles. The summed E-state index contributed by atoms with van der Waals surface area (Å²) in [6.07, 6.45) is 4.55. The molecule has 1 saturated carbocycles. The lowest BCUT2D eigenvalue weighted by Gasteiger charge is -2.27. The van der Waals surface area contributed by atoms with Crippen LogP contribution in [0.4, 0.5) is 0 Å². The summed E-state index contributed by atoms with van der Waals surface area (Å²) in [6, 6.07) is 0.395. The van der Waals surface area contributed by atoms with E-state index >= 15 is 0 Å². The van der Waals surface area contributed by atoms with Gasteiger partial charge in [0.05, 0.1) is 12.1 Å². The average Bonchev–Trinajstić information content (AvgIpc) is 2.59. The zero-order chi connectivity index (χ0) is 9.97. The minimum atomic E-state index is -0.0412. The molecule has 0 spiro atoms. The van der Waals surface area contributed by atoms with Gasteiger partial charge in [-0.3, -0.25) is 4.79 Å². The smallest absolute Gasteiger partial charge is 0.237 e. The zero-order valence-corrected chi connectivity index (χ0v) is 8.58. The number of hydrogen-bond donors (Lipinski definition) is 2. The Hall–Kier alpha value is -0.610. The predicted molar refractivity (Wildman–Crippen MR) is 53.0 cm³/mol. The minimum Gasteiger partial charge on any atom is -0.380 e. The molecule has 0 bridgehead atoms. The standard InChI is InChI=1S/C10H18N2O2/c1-14-8-5-9(11-6-8)10(13)12-7-3-2-4-7/h7-9,11H,2-6H2,1H3,(H,12,13). The highest BCUT2D eigenvalue weighted by molar-refractivity contribution is 5.82. The quantitative estimate of drug-likeness (QED) is 0.673. The van der Waals surface area contributed by atoms with Gasteiger partial charge in [-0.05, 0) is 25.7 Å². The summed E-state index contributed by atoms with van der Waals surface area (Å²) in [5.41, 5.74) is 0. The maximum absolute atomic E-state index is 11.7. The van der Waals surface area contributed by atoms with Gasteiger partial charge in [-0.1, -0.05) is 0 Å². The van der Waals surface area contributed by atoms with Crippen molar-refractivity contribution in [2.45, 2.75) is 43.9 Å². The Bertz CT molecular complexity index is 216. The van der Waals surface area contributed by atoms with E-state index in [0.717, 1.165) is 25.8 Å². The number of carbonyl (C=O) groups is 1. The summed E-state index contributed by atoms with van der Waals surface area (Å²) in [4.78, 5) is 11.7. The van der Waals surface area contributed by atoms with Crippen LogP contribution >= 0.6 is 0 Å². The van der Waals surface area contributed by atoms with Crippen molar-refractivity contribution in [3.63, 3.8) is 0 Å². The van der Waals surface area contributed by atoms with Crippen molar-refractivity contribution in [3.8, 4) is 0 Å². The molecule has 14 heavy (non-hydrogen) atoms. The molecule has 2 aliphatic rings. The average molecular weight is 198 g/mol. The molecule has 1 aliphatic heterocycles. The number of amides is 1. The molecule has 1 heterocycles. The van der Waals surface area contributed by atoms with E-state index < -0.39 is 0 Å². The summed E-state index contributed by atoms with van der Waals surface area (Å²) in [5, 5.41) is 6.22. The molecular formula is C10H18N2O2. The number of hydrogen-bond acceptors (Lipinski definition) is 3. The van der Waals surface area contributed by atoms with Gasteiger partial charge in [0.2, 0.25) is 5.91 Å². The van der Waals surface area contributed by atoms with Crippen LogP contribution in [0.5, 0.6) is 0 Å². The lowest BCUT2D eigenvalue weighted by molar-refractivity contribution is -0.124. The highest BCUT2D eigenvalue weighted by Crippen LogP contribution is 2.19. The fourth-order valence-electron chi connectivity index (χ4n) is 1.94. The first-order chi connectivity index (χ1) is 6.79. The van der Waals surface area contributed by atoms with Crippen LogP contribution in [-0.2, 0) is 9.53 Å². The van der Waals surface area contributed by atoms with Crippen molar-refractivity contribution in [1.82, 2.24) is 10.6 Å². The van der Waals surface area contributed by atoms with E-state index in [4.69, 9.17) is 4.74 Å². The lowest BCUT2D eigenvalue weighted by atomic mass is 9.93. The molecule has 2 unspecified atom stereocenters. The molecule has 0 aromatic carbocycles. The Kier molecular flexibility index (Phi) is 3.03. The van der Waals surface area contributed by atoms with Gasteiger partial charge < -0.3 is 15.4 Å². The van der Waals surface area contributed by atoms with Crippen LogP contribution in [0.15, 0.2) is 0 Å². The second-order valence-electron chi connectivity index (χ2n) is 4.19. The van der Waals surface area contributed by atoms with Gasteiger partial charge in [-0.15, -0.1) is 0 Å². The van der Waals surface area contributed by atoms with Crippen LogP contribution < -0.4 is 10.6 Å². The van der Waals surface area contributed by atoms with Gasteiger partial charge in [0.1, 0.15) is 0 Å². The summed E-state index contributed by atoms with van der Waals surface area (Å²) in [5.74, 6) is 0.147. The van der Waals surface area contributed by atoms with E-state index in [9.17, 15) is 4.79 Å². The van der Waals surface area contributed by atoms with E-state index in [2.05, 4.69) is 10.6 Å². The van der Waals surface area contributed by atoms with Gasteiger partial charge in [0, 0.05) is 19.7 Å². The van der Waals surface area contributed by atoms with E-state index in [0.29, 0.717) is 6.04 Å². The van der Waals surface area contributed by atoms with Crippen molar-refractivity contribution in [2.75, 3.05) is 13.7 Å². The minimum absolute atomic E-state index is 0.0412. The molecule has 2 atom stereocenters. The lowest BCUT2D eigenvalue weighted by Crippen LogP contribution is -2.47. The van der Waals surface area contributed by atoms with Crippen molar-refractivity contribution < 1.29 is 9.53 Å². The molecule has 2 rings (SSSR count). The second-order valence-corrected chi connectivity index (χ2v) is 4.19. The third-order valence-corrected chi connectivity index (χ3v) is 3.19. The van der Waals surface area contributed by atoms with Crippen LogP contribution in [0.1, 0.15) is 25.7 Å². The van der Waals surface area contributed by atoms with Gasteiger partial charge >= 0.3 is 0 Å². The molecule has 4 nitrogen and oxygen atoms in total. The largest absolute Gasteiger partial charge is 0.380 e. The predicted octanol–water partition coefficient (Wildman–Crippen LogP) is 0.0320. The molecule has 2 fully saturated rings. The number of ether oxygens (including phenoxy) is 1. The van der Waals surface area contributed by atoms with E-state index in [1.807, 2.05) is 0 Å². The van der Waals surface area contributed by atoms with Crippen molar-refractivity contribution in [3.05, 3.63) is 0 Å². The van der Waals surface area contributed by atoms with Crippen molar-refractivity contribution >= 4 is 5.91 Å². The van der Waals surface area contributed by atoms with Gasteiger partial charge in [-0.2, -0.15) is 0 Å². The van der Waals surface area contributed by atoms with E-state index in [1.165, 1.54) is 6.42 Å². The van der Waals surface area contributed by atoms with E-state index in [-0.39, 0.29) is 18.1 Å². The molecule has 2 N–H and O–H groups in total. The Morgan fingerprint density at radius 3 is 2.79 bits per heavy atom. The molecular weight excluding hydrogens is 180 g/mol. The highest BCUT2D eigenvalue weighted by Gasteiger charge is 2.31. The number of carbonyl (C=O) groups excluding carboxylic acids is 1. The summed E-state index contributed by atoms with van der Waals surface area (Å²) >= 11 is 0. The molecule has 0 radical (unpaired) electrons. The van der Waals surface area contributed by atoms with E-state index in [1.54, 1.807) is 7.11 Å². The second kappa shape index (κ2) is 4.28. The Balaban J connectivity index is 1.74. The molecule has 0 aromatic rings. The molecule has 1 amide bonds. The van der Waals surface area contributed by atoms with Crippen molar-refractivity contribution in [2.24, 2.45) is 0 Å². The summed E-state index contributed by atoms with van der Waals surface area (Å²) in [7, 11) is 1.69. The van der Waals surface area contributed by atoms with Crippen molar-refractivity contribution in [1.29, 1.82) is 0 Å². The first-order valence-electron chi connectivity index (χ1n) is 5.36. The first-order valence-corrected chi connectivity index (χ1v) is 5.36. The Morgan fingerprint density at radius 1 is 1.50 bits per heavy atom. The van der Waals surface area contributed by atoms with Crippen LogP contribution in [-0.4, -0.2) is 37.7 Å². The fourth-order valence-corrected chi connectivity index (χ4v) is 1.94. The third-order valence-electron chi connectivity index (χ3n) is 3.19. The summed E-state index contributed by atoms with van der Waals surface area (Å²) < 4.78 is 5.19. The maximum atomic E-state index is 11.7. The van der Waals surface area contributed by atoms with Gasteiger partial charge in [0.25, 0.3) is 0 Å². The monoisotopic (exact) mass is 198 g/mol. The molecule has 4 heteroatoms. The number of rotatable bonds is 3. The molecule has 0 aromatic heterocycles. The van der Waals surface area contributed by atoms with Crippen LogP contribution in [0.2, 0.25) is 0 Å². The van der Waals surface area contributed by atoms with Gasteiger partial charge in [0.15, 0.2) is 0 Å². The topological polar surface area (TPSA) is 50.4 Å². The molecule has 80 valence electrons. The van der Waals surface area contributed by atoms with Crippen LogP contribution in [0.3, 0.4) is 0 Å². The Labute approximate surface area is 84.4 Å². The normalized spacial score (nSPS) is 32.6. The first kappa shape index (κ1) is 9.93. The third kappa shape index (κ3) is 2.07. The zero-order valence-electron chi connectivity index (χ0n) is 8.58. The SMILES string of the molecule is COC1CNC(C(=O)NC2CCC2)C1. The number of nitrogens with one attached hydrogen (secondary N) is 2. The fraction of sp³-hybridized carbons (Fsp3) is 0.900. The highest BCUT2D eigenvalue weighted by atomic mass is 16.5. The van der Waals surface area contributed by atoms with Crippen LogP contribution in [0.25, 0.3) is 0 Å². The van der Waals surface area contributed by atoms with Gasteiger partial charge in [-0.25, -0.2) is 0 Å². The maximum Gasteiger partial charge on any atom is 0.237 e. The summed E-state index contributed by atoms with van der Waals surface area (Å²) in [6.45, 7) is 0.791. The number of methoxy groups -OCH3 is 1. The van der Waals surface area contributed by atoms with Crippen LogP contribution in [0, 0.1) is 0 Å².